The first kappa shape index (κ1) is 12.1. The monoisotopic (exact) mass is 298 g/mol. The largest absolute Gasteiger partial charge is 0.497 e. The zero-order chi connectivity index (χ0) is 12.6. The van der Waals surface area contributed by atoms with E-state index in [2.05, 4.69) is 15.9 Å². The number of benzene rings is 1. The van der Waals surface area contributed by atoms with Crippen LogP contribution < -0.4 is 4.74 Å². The van der Waals surface area contributed by atoms with Crippen molar-refractivity contribution >= 4 is 28.2 Å². The van der Waals surface area contributed by atoms with Crippen LogP contribution in [0.5, 0.6) is 5.75 Å². The summed E-state index contributed by atoms with van der Waals surface area (Å²) in [5.41, 5.74) is 0.814. The third-order valence-corrected chi connectivity index (χ3v) is 3.80. The number of methoxy groups -OCH3 is 1. The summed E-state index contributed by atoms with van der Waals surface area (Å²) in [4.78, 5) is 21.8. The Balaban J connectivity index is 2.35. The molecule has 17 heavy (non-hydrogen) atoms. The lowest BCUT2D eigenvalue weighted by Crippen LogP contribution is -2.01. The highest BCUT2D eigenvalue weighted by molar-refractivity contribution is 9.10. The highest BCUT2D eigenvalue weighted by Crippen LogP contribution is 2.55. The molecule has 4 nitrogen and oxygen atoms in total. The van der Waals surface area contributed by atoms with Gasteiger partial charge in [0.2, 0.25) is 0 Å². The van der Waals surface area contributed by atoms with Gasteiger partial charge in [0.25, 0.3) is 0 Å². The molecule has 1 aromatic rings. The Morgan fingerprint density at radius 3 is 2.71 bits per heavy atom. The number of rotatable bonds is 4. The van der Waals surface area contributed by atoms with Gasteiger partial charge in [-0.1, -0.05) is 15.9 Å². The first-order valence-electron chi connectivity index (χ1n) is 5.11. The van der Waals surface area contributed by atoms with E-state index in [0.29, 0.717) is 5.75 Å². The number of aliphatic carboxylic acids is 1. The second kappa shape index (κ2) is 4.49. The van der Waals surface area contributed by atoms with Crippen molar-refractivity contribution in [2.75, 3.05) is 7.11 Å². The van der Waals surface area contributed by atoms with Crippen LogP contribution in [-0.2, 0) is 9.59 Å². The maximum atomic E-state index is 11.0. The molecular weight excluding hydrogens is 288 g/mol. The maximum absolute atomic E-state index is 11.0. The molecule has 1 aromatic carbocycles. The van der Waals surface area contributed by atoms with Crippen LogP contribution >= 0.6 is 15.9 Å². The molecule has 0 radical (unpaired) electrons. The molecule has 0 amide bonds. The summed E-state index contributed by atoms with van der Waals surface area (Å²) in [6.07, 6.45) is 0.718. The van der Waals surface area contributed by atoms with Crippen LogP contribution in [0.1, 0.15) is 11.5 Å². The summed E-state index contributed by atoms with van der Waals surface area (Å²) in [6.45, 7) is 0. The van der Waals surface area contributed by atoms with Gasteiger partial charge < -0.3 is 14.6 Å². The van der Waals surface area contributed by atoms with E-state index in [9.17, 15) is 9.59 Å². The molecule has 0 bridgehead atoms. The average Bonchev–Trinajstić information content (AvgIpc) is 3.04. The lowest BCUT2D eigenvalue weighted by Gasteiger charge is -2.06. The fourth-order valence-electron chi connectivity index (χ4n) is 2.13. The van der Waals surface area contributed by atoms with Gasteiger partial charge in [-0.15, -0.1) is 0 Å². The van der Waals surface area contributed by atoms with Crippen molar-refractivity contribution in [3.63, 3.8) is 0 Å². The van der Waals surface area contributed by atoms with Gasteiger partial charge in [-0.3, -0.25) is 4.79 Å². The van der Waals surface area contributed by atoms with Gasteiger partial charge in [0, 0.05) is 16.3 Å². The van der Waals surface area contributed by atoms with Crippen LogP contribution in [0.25, 0.3) is 0 Å². The lowest BCUT2D eigenvalue weighted by atomic mass is 10.1. The van der Waals surface area contributed by atoms with Gasteiger partial charge in [0.15, 0.2) is 0 Å². The molecule has 1 aliphatic rings. The predicted molar refractivity (Wildman–Crippen MR) is 64.1 cm³/mol. The molecule has 2 rings (SSSR count). The number of carbonyl (C=O) groups excluding carboxylic acids is 1. The summed E-state index contributed by atoms with van der Waals surface area (Å²) in [5, 5.41) is 9.00. The number of hydrogen-bond acceptors (Lipinski definition) is 3. The molecule has 3 atom stereocenters. The van der Waals surface area contributed by atoms with Gasteiger partial charge in [0.1, 0.15) is 12.0 Å². The molecule has 0 spiro atoms. The Morgan fingerprint density at radius 2 is 2.24 bits per heavy atom. The van der Waals surface area contributed by atoms with Crippen molar-refractivity contribution < 1.29 is 19.4 Å². The number of ether oxygens (including phenoxy) is 1. The lowest BCUT2D eigenvalue weighted by molar-refractivity contribution is -0.139. The second-order valence-corrected chi connectivity index (χ2v) is 4.85. The van der Waals surface area contributed by atoms with E-state index in [1.165, 1.54) is 0 Å². The number of carbonyl (C=O) groups is 2. The Kier molecular flexibility index (Phi) is 3.19. The highest BCUT2D eigenvalue weighted by atomic mass is 79.9. The zero-order valence-electron chi connectivity index (χ0n) is 9.09. The van der Waals surface area contributed by atoms with Crippen molar-refractivity contribution in [1.82, 2.24) is 0 Å². The molecule has 1 aliphatic carbocycles. The molecule has 90 valence electrons. The van der Waals surface area contributed by atoms with Gasteiger partial charge in [-0.25, -0.2) is 0 Å². The molecular formula is C12H11BrO4. The number of aldehydes is 1. The van der Waals surface area contributed by atoms with Crippen LogP contribution in [-0.4, -0.2) is 24.5 Å². The van der Waals surface area contributed by atoms with Crippen LogP contribution in [0.4, 0.5) is 0 Å². The third-order valence-electron chi connectivity index (χ3n) is 3.08. The Labute approximate surface area is 107 Å². The van der Waals surface area contributed by atoms with Crippen molar-refractivity contribution in [1.29, 1.82) is 0 Å². The van der Waals surface area contributed by atoms with Gasteiger partial charge in [0.05, 0.1) is 13.0 Å². The van der Waals surface area contributed by atoms with E-state index < -0.39 is 17.8 Å². The Bertz CT molecular complexity index is 472. The number of carboxylic acid groups (broad SMARTS) is 1. The van der Waals surface area contributed by atoms with Crippen molar-refractivity contribution in [2.45, 2.75) is 5.92 Å². The van der Waals surface area contributed by atoms with Gasteiger partial charge in [-0.2, -0.15) is 0 Å². The molecule has 1 N–H and O–H groups in total. The van der Waals surface area contributed by atoms with E-state index in [0.717, 1.165) is 16.3 Å². The van der Waals surface area contributed by atoms with Crippen molar-refractivity contribution in [3.8, 4) is 5.75 Å². The second-order valence-electron chi connectivity index (χ2n) is 3.99. The minimum atomic E-state index is -0.929. The zero-order valence-corrected chi connectivity index (χ0v) is 10.7. The number of halogens is 1. The predicted octanol–water partition coefficient (Wildman–Crippen LogP) is 2.07. The molecule has 0 heterocycles. The summed E-state index contributed by atoms with van der Waals surface area (Å²) < 4.78 is 5.90. The standard InChI is InChI=1S/C12H11BrO4/c1-17-6-2-3-9(13)7(4-6)10-8(5-14)11(10)12(15)16/h2-5,8,10-11H,1H3,(H,15,16). The topological polar surface area (TPSA) is 63.6 Å². The summed E-state index contributed by atoms with van der Waals surface area (Å²) in [6, 6.07) is 5.35. The van der Waals surface area contributed by atoms with Gasteiger partial charge >= 0.3 is 5.97 Å². The molecule has 3 unspecified atom stereocenters. The van der Waals surface area contributed by atoms with Crippen LogP contribution in [0.15, 0.2) is 22.7 Å². The van der Waals surface area contributed by atoms with Crippen LogP contribution in [0.2, 0.25) is 0 Å². The molecule has 0 aromatic heterocycles. The minimum Gasteiger partial charge on any atom is -0.497 e. The van der Waals surface area contributed by atoms with E-state index in [1.54, 1.807) is 25.3 Å². The van der Waals surface area contributed by atoms with Crippen molar-refractivity contribution in [2.24, 2.45) is 11.8 Å². The van der Waals surface area contributed by atoms with Gasteiger partial charge in [-0.05, 0) is 23.8 Å². The van der Waals surface area contributed by atoms with E-state index in [1.807, 2.05) is 0 Å². The van der Waals surface area contributed by atoms with Crippen molar-refractivity contribution in [3.05, 3.63) is 28.2 Å². The molecule has 0 saturated heterocycles. The summed E-state index contributed by atoms with van der Waals surface area (Å²) in [5.74, 6) is -1.58. The van der Waals surface area contributed by atoms with E-state index >= 15 is 0 Å². The summed E-state index contributed by atoms with van der Waals surface area (Å²) >= 11 is 3.37. The third kappa shape index (κ3) is 2.07. The smallest absolute Gasteiger partial charge is 0.307 e. The van der Waals surface area contributed by atoms with Crippen LogP contribution in [0.3, 0.4) is 0 Å². The number of hydrogen-bond donors (Lipinski definition) is 1. The van der Waals surface area contributed by atoms with Crippen LogP contribution in [0, 0.1) is 11.8 Å². The van der Waals surface area contributed by atoms with E-state index in [-0.39, 0.29) is 5.92 Å². The molecule has 1 saturated carbocycles. The Morgan fingerprint density at radius 1 is 1.53 bits per heavy atom. The SMILES string of the molecule is COc1ccc(Br)c(C2C(C=O)C2C(=O)O)c1. The average molecular weight is 299 g/mol. The molecule has 0 aliphatic heterocycles. The normalized spacial score (nSPS) is 26.4. The minimum absolute atomic E-state index is 0.255. The fraction of sp³-hybridized carbons (Fsp3) is 0.333. The maximum Gasteiger partial charge on any atom is 0.307 e. The molecule has 1 fully saturated rings. The van der Waals surface area contributed by atoms with E-state index in [4.69, 9.17) is 9.84 Å². The molecule has 5 heteroatoms. The fourth-order valence-corrected chi connectivity index (χ4v) is 2.64. The number of carboxylic acids is 1. The summed E-state index contributed by atoms with van der Waals surface area (Å²) in [7, 11) is 1.55. The highest BCUT2D eigenvalue weighted by Gasteiger charge is 2.56. The first-order chi connectivity index (χ1) is 8.10. The quantitative estimate of drug-likeness (QED) is 0.865. The Hall–Kier alpha value is -1.36. The first-order valence-corrected chi connectivity index (χ1v) is 5.91.